The maximum Gasteiger partial charge on any atom is 0.292 e. The summed E-state index contributed by atoms with van der Waals surface area (Å²) in [6, 6.07) is 6.72. The van der Waals surface area contributed by atoms with E-state index in [1.54, 1.807) is 18.2 Å². The summed E-state index contributed by atoms with van der Waals surface area (Å²) in [5.74, 6) is -0.0368. The zero-order chi connectivity index (χ0) is 15.2. The highest BCUT2D eigenvalue weighted by molar-refractivity contribution is 5.80. The third-order valence-electron chi connectivity index (χ3n) is 3.76. The molecule has 1 aliphatic heterocycles. The van der Waals surface area contributed by atoms with Gasteiger partial charge in [0.05, 0.1) is 10.8 Å². The third-order valence-corrected chi connectivity index (χ3v) is 3.76. The Morgan fingerprint density at radius 3 is 2.95 bits per heavy atom. The summed E-state index contributed by atoms with van der Waals surface area (Å²) in [6.45, 7) is 3.99. The number of hydrogen-bond acceptors (Lipinski definition) is 4. The van der Waals surface area contributed by atoms with Crippen molar-refractivity contribution in [2.45, 2.75) is 26.2 Å². The number of rotatable bonds is 5. The van der Waals surface area contributed by atoms with Gasteiger partial charge in [-0.1, -0.05) is 19.1 Å². The van der Waals surface area contributed by atoms with Crippen molar-refractivity contribution in [1.82, 2.24) is 5.32 Å². The summed E-state index contributed by atoms with van der Waals surface area (Å²) in [5, 5.41) is 14.0. The Balaban J connectivity index is 2.11. The van der Waals surface area contributed by atoms with E-state index in [2.05, 4.69) is 5.32 Å². The van der Waals surface area contributed by atoms with Crippen LogP contribution in [0.2, 0.25) is 0 Å². The van der Waals surface area contributed by atoms with Crippen LogP contribution >= 0.6 is 0 Å². The van der Waals surface area contributed by atoms with Gasteiger partial charge in [-0.15, -0.1) is 0 Å². The van der Waals surface area contributed by atoms with Gasteiger partial charge in [-0.3, -0.25) is 14.9 Å². The number of nitro groups is 1. The molecule has 6 nitrogen and oxygen atoms in total. The van der Waals surface area contributed by atoms with Crippen LogP contribution in [0.5, 0.6) is 0 Å². The van der Waals surface area contributed by atoms with Crippen molar-refractivity contribution in [1.29, 1.82) is 0 Å². The number of benzene rings is 1. The van der Waals surface area contributed by atoms with Crippen LogP contribution in [0.25, 0.3) is 0 Å². The van der Waals surface area contributed by atoms with Crippen molar-refractivity contribution < 1.29 is 9.72 Å². The molecule has 1 aliphatic rings. The van der Waals surface area contributed by atoms with Gasteiger partial charge in [-0.05, 0) is 25.3 Å². The lowest BCUT2D eigenvalue weighted by atomic mass is 9.96. The predicted molar refractivity (Wildman–Crippen MR) is 81.3 cm³/mol. The molecule has 1 aromatic carbocycles. The molecule has 0 radical (unpaired) electrons. The number of nitrogens with zero attached hydrogens (tertiary/aromatic N) is 2. The fourth-order valence-corrected chi connectivity index (χ4v) is 2.69. The van der Waals surface area contributed by atoms with E-state index < -0.39 is 0 Å². The number of nitrogens with one attached hydrogen (secondary N) is 1. The first-order chi connectivity index (χ1) is 10.1. The van der Waals surface area contributed by atoms with Crippen molar-refractivity contribution in [2.75, 3.05) is 24.5 Å². The van der Waals surface area contributed by atoms with Gasteiger partial charge in [-0.2, -0.15) is 0 Å². The van der Waals surface area contributed by atoms with Crippen LogP contribution in [0.4, 0.5) is 11.4 Å². The molecule has 114 valence electrons. The molecule has 1 unspecified atom stereocenters. The van der Waals surface area contributed by atoms with Crippen LogP contribution in [0, 0.1) is 16.0 Å². The molecule has 2 rings (SSSR count). The molecule has 21 heavy (non-hydrogen) atoms. The van der Waals surface area contributed by atoms with Gasteiger partial charge >= 0.3 is 0 Å². The van der Waals surface area contributed by atoms with E-state index in [-0.39, 0.29) is 22.4 Å². The van der Waals surface area contributed by atoms with E-state index in [1.165, 1.54) is 6.07 Å². The van der Waals surface area contributed by atoms with Crippen molar-refractivity contribution >= 4 is 17.3 Å². The Kier molecular flexibility index (Phi) is 5.14. The molecule has 1 atom stereocenters. The summed E-state index contributed by atoms with van der Waals surface area (Å²) in [4.78, 5) is 24.8. The number of carbonyl (C=O) groups excluding carboxylic acids is 1. The largest absolute Gasteiger partial charge is 0.365 e. The second-order valence-corrected chi connectivity index (χ2v) is 5.32. The number of para-hydroxylation sites is 2. The maximum atomic E-state index is 12.1. The predicted octanol–water partition coefficient (Wildman–Crippen LogP) is 2.34. The molecule has 1 N–H and O–H groups in total. The normalized spacial score (nSPS) is 18.3. The fraction of sp³-hybridized carbons (Fsp3) is 0.533. The lowest BCUT2D eigenvalue weighted by molar-refractivity contribution is -0.384. The number of anilines is 1. The Morgan fingerprint density at radius 1 is 1.48 bits per heavy atom. The monoisotopic (exact) mass is 291 g/mol. The van der Waals surface area contributed by atoms with Crippen molar-refractivity contribution in [3.8, 4) is 0 Å². The summed E-state index contributed by atoms with van der Waals surface area (Å²) in [5.41, 5.74) is 0.711. The summed E-state index contributed by atoms with van der Waals surface area (Å²) in [6.07, 6.45) is 2.62. The summed E-state index contributed by atoms with van der Waals surface area (Å²) in [7, 11) is 0. The Bertz CT molecular complexity index is 519. The SMILES string of the molecule is CCCNC(=O)C1CCCN(c2ccccc2[N+](=O)[O-])C1. The molecule has 0 aromatic heterocycles. The Hall–Kier alpha value is -2.11. The van der Waals surface area contributed by atoms with Gasteiger partial charge in [0.2, 0.25) is 5.91 Å². The minimum atomic E-state index is -0.365. The fourth-order valence-electron chi connectivity index (χ4n) is 2.69. The Labute approximate surface area is 124 Å². The first-order valence-electron chi connectivity index (χ1n) is 7.39. The van der Waals surface area contributed by atoms with E-state index in [4.69, 9.17) is 0 Å². The van der Waals surface area contributed by atoms with E-state index in [0.29, 0.717) is 18.8 Å². The minimum absolute atomic E-state index is 0.0557. The summed E-state index contributed by atoms with van der Waals surface area (Å²) < 4.78 is 0. The van der Waals surface area contributed by atoms with Gasteiger partial charge in [0, 0.05) is 25.7 Å². The molecule has 1 aromatic rings. The molecule has 0 bridgehead atoms. The van der Waals surface area contributed by atoms with Gasteiger partial charge in [0.15, 0.2) is 0 Å². The van der Waals surface area contributed by atoms with Crippen LogP contribution in [0.1, 0.15) is 26.2 Å². The number of nitro benzene ring substituents is 1. The number of amides is 1. The van der Waals surface area contributed by atoms with Crippen LogP contribution in [0.3, 0.4) is 0 Å². The first-order valence-corrected chi connectivity index (χ1v) is 7.39. The number of piperidine rings is 1. The highest BCUT2D eigenvalue weighted by atomic mass is 16.6. The van der Waals surface area contributed by atoms with Gasteiger partial charge in [0.25, 0.3) is 5.69 Å². The number of carbonyl (C=O) groups is 1. The van der Waals surface area contributed by atoms with E-state index in [1.807, 2.05) is 11.8 Å². The average molecular weight is 291 g/mol. The van der Waals surface area contributed by atoms with E-state index in [0.717, 1.165) is 25.8 Å². The maximum absolute atomic E-state index is 12.1. The van der Waals surface area contributed by atoms with Crippen LogP contribution in [0.15, 0.2) is 24.3 Å². The quantitative estimate of drug-likeness (QED) is 0.667. The van der Waals surface area contributed by atoms with Crippen LogP contribution < -0.4 is 10.2 Å². The molecule has 1 amide bonds. The molecule has 0 spiro atoms. The van der Waals surface area contributed by atoms with E-state index in [9.17, 15) is 14.9 Å². The smallest absolute Gasteiger partial charge is 0.292 e. The molecule has 0 aliphatic carbocycles. The van der Waals surface area contributed by atoms with Gasteiger partial charge < -0.3 is 10.2 Å². The highest BCUT2D eigenvalue weighted by Crippen LogP contribution is 2.31. The lowest BCUT2D eigenvalue weighted by Crippen LogP contribution is -2.43. The molecule has 1 heterocycles. The third kappa shape index (κ3) is 3.71. The molecular formula is C15H21N3O3. The highest BCUT2D eigenvalue weighted by Gasteiger charge is 2.28. The zero-order valence-corrected chi connectivity index (χ0v) is 12.2. The molecule has 1 saturated heterocycles. The van der Waals surface area contributed by atoms with Crippen molar-refractivity contribution in [2.24, 2.45) is 5.92 Å². The zero-order valence-electron chi connectivity index (χ0n) is 12.2. The first kappa shape index (κ1) is 15.3. The van der Waals surface area contributed by atoms with Crippen LogP contribution in [-0.2, 0) is 4.79 Å². The van der Waals surface area contributed by atoms with Crippen LogP contribution in [-0.4, -0.2) is 30.5 Å². The summed E-state index contributed by atoms with van der Waals surface area (Å²) >= 11 is 0. The Morgan fingerprint density at radius 2 is 2.24 bits per heavy atom. The van der Waals surface area contributed by atoms with Crippen molar-refractivity contribution in [3.05, 3.63) is 34.4 Å². The van der Waals surface area contributed by atoms with Gasteiger partial charge in [0.1, 0.15) is 5.69 Å². The van der Waals surface area contributed by atoms with Crippen molar-refractivity contribution in [3.63, 3.8) is 0 Å². The van der Waals surface area contributed by atoms with Gasteiger partial charge in [-0.25, -0.2) is 0 Å². The second-order valence-electron chi connectivity index (χ2n) is 5.32. The second kappa shape index (κ2) is 7.06. The molecular weight excluding hydrogens is 270 g/mol. The average Bonchev–Trinajstić information content (AvgIpc) is 2.52. The lowest BCUT2D eigenvalue weighted by Gasteiger charge is -2.33. The minimum Gasteiger partial charge on any atom is -0.365 e. The topological polar surface area (TPSA) is 75.5 Å². The van der Waals surface area contributed by atoms with E-state index >= 15 is 0 Å². The molecule has 0 saturated carbocycles. The molecule has 1 fully saturated rings. The molecule has 6 heteroatoms. The number of hydrogen-bond donors (Lipinski definition) is 1. The standard InChI is InChI=1S/C15H21N3O3/c1-2-9-16-15(19)12-6-5-10-17(11-12)13-7-3-4-8-14(13)18(20)21/h3-4,7-8,12H,2,5-6,9-11H2,1H3,(H,16,19).